The van der Waals surface area contributed by atoms with Crippen molar-refractivity contribution in [3.05, 3.63) is 0 Å². The van der Waals surface area contributed by atoms with E-state index >= 15 is 0 Å². The summed E-state index contributed by atoms with van der Waals surface area (Å²) in [6, 6.07) is -0.391. The summed E-state index contributed by atoms with van der Waals surface area (Å²) < 4.78 is 4.74. The number of esters is 1. The van der Waals surface area contributed by atoms with Crippen LogP contribution in [-0.2, 0) is 14.3 Å². The lowest BCUT2D eigenvalue weighted by Crippen LogP contribution is -2.71. The Morgan fingerprint density at radius 3 is 3.00 bits per heavy atom. The van der Waals surface area contributed by atoms with Gasteiger partial charge in [-0.1, -0.05) is 0 Å². The minimum atomic E-state index is -0.592. The van der Waals surface area contributed by atoms with E-state index < -0.39 is 11.5 Å². The maximum absolute atomic E-state index is 11.5. The Morgan fingerprint density at radius 2 is 2.40 bits per heavy atom. The molecule has 0 saturated carbocycles. The smallest absolute Gasteiger partial charge is 0.314 e. The number of amides is 1. The molecule has 1 amide bonds. The topological polar surface area (TPSA) is 72.6 Å². The summed E-state index contributed by atoms with van der Waals surface area (Å²) in [5.41, 5.74) is 5.05. The lowest BCUT2D eigenvalue weighted by atomic mass is 9.90. The van der Waals surface area contributed by atoms with Crippen LogP contribution in [0.15, 0.2) is 0 Å². The number of β-lactam (4-membered cyclic amide) rings is 1. The van der Waals surface area contributed by atoms with Gasteiger partial charge < -0.3 is 15.4 Å². The molecule has 3 atom stereocenters. The molecule has 2 rings (SSSR count). The average Bonchev–Trinajstić information content (AvgIpc) is 2.26. The molecule has 0 aromatic rings. The summed E-state index contributed by atoms with van der Waals surface area (Å²) >= 11 is 1.55. The quantitative estimate of drug-likeness (QED) is 0.481. The molecular formula is C9H14N2O3S. The fraction of sp³-hybridized carbons (Fsp3) is 0.778. The van der Waals surface area contributed by atoms with Crippen molar-refractivity contribution in [1.82, 2.24) is 4.90 Å². The van der Waals surface area contributed by atoms with Gasteiger partial charge in [-0.3, -0.25) is 9.59 Å². The Morgan fingerprint density at radius 1 is 1.73 bits per heavy atom. The number of carbonyl (C=O) groups excluding carboxylic acids is 2. The van der Waals surface area contributed by atoms with E-state index in [1.165, 1.54) is 7.11 Å². The van der Waals surface area contributed by atoms with Gasteiger partial charge in [-0.05, 0) is 6.92 Å². The predicted molar refractivity (Wildman–Crippen MR) is 56.1 cm³/mol. The summed E-state index contributed by atoms with van der Waals surface area (Å²) in [6.07, 6.45) is 0. The van der Waals surface area contributed by atoms with Crippen LogP contribution in [0.1, 0.15) is 6.92 Å². The van der Waals surface area contributed by atoms with Crippen molar-refractivity contribution in [3.8, 4) is 0 Å². The minimum absolute atomic E-state index is 0.0511. The molecule has 0 radical (unpaired) electrons. The number of nitrogens with zero attached hydrogens (tertiary/aromatic N) is 1. The van der Waals surface area contributed by atoms with Gasteiger partial charge in [-0.15, -0.1) is 11.8 Å². The third-order valence-electron chi connectivity index (χ3n) is 2.95. The van der Waals surface area contributed by atoms with Crippen molar-refractivity contribution in [2.45, 2.75) is 18.3 Å². The molecule has 6 heteroatoms. The lowest BCUT2D eigenvalue weighted by molar-refractivity contribution is -0.158. The van der Waals surface area contributed by atoms with Gasteiger partial charge in [0.05, 0.1) is 12.5 Å². The Balaban J connectivity index is 2.10. The van der Waals surface area contributed by atoms with Crippen LogP contribution >= 0.6 is 11.8 Å². The van der Waals surface area contributed by atoms with E-state index in [-0.39, 0.29) is 17.3 Å². The summed E-state index contributed by atoms with van der Waals surface area (Å²) in [6.45, 7) is 2.24. The Hall–Kier alpha value is -0.750. The first-order chi connectivity index (χ1) is 6.99. The minimum Gasteiger partial charge on any atom is -0.469 e. The SMILES string of the molecule is COC(=O)C1(C)CS[C@@H]2C(N)C(=O)N2C1. The van der Waals surface area contributed by atoms with E-state index in [1.54, 1.807) is 16.7 Å². The van der Waals surface area contributed by atoms with Crippen molar-refractivity contribution in [2.24, 2.45) is 11.1 Å². The maximum Gasteiger partial charge on any atom is 0.314 e. The second-order valence-electron chi connectivity index (χ2n) is 4.25. The molecule has 5 nitrogen and oxygen atoms in total. The molecule has 15 heavy (non-hydrogen) atoms. The molecule has 0 aromatic carbocycles. The van der Waals surface area contributed by atoms with Crippen molar-refractivity contribution in [3.63, 3.8) is 0 Å². The van der Waals surface area contributed by atoms with Gasteiger partial charge in [0, 0.05) is 12.3 Å². The molecule has 84 valence electrons. The van der Waals surface area contributed by atoms with Crippen molar-refractivity contribution in [2.75, 3.05) is 19.4 Å². The zero-order valence-corrected chi connectivity index (χ0v) is 9.54. The van der Waals surface area contributed by atoms with Crippen LogP contribution in [0.5, 0.6) is 0 Å². The van der Waals surface area contributed by atoms with Crippen LogP contribution in [0.3, 0.4) is 0 Å². The third-order valence-corrected chi connectivity index (χ3v) is 4.65. The van der Waals surface area contributed by atoms with Crippen molar-refractivity contribution in [1.29, 1.82) is 0 Å². The van der Waals surface area contributed by atoms with Gasteiger partial charge in [0.1, 0.15) is 11.4 Å². The molecule has 2 heterocycles. The fourth-order valence-electron chi connectivity index (χ4n) is 1.97. The summed E-state index contributed by atoms with van der Waals surface area (Å²) in [5.74, 6) is 0.325. The molecule has 2 fully saturated rings. The van der Waals surface area contributed by atoms with Gasteiger partial charge in [-0.25, -0.2) is 0 Å². The first-order valence-corrected chi connectivity index (χ1v) is 5.80. The average molecular weight is 230 g/mol. The van der Waals surface area contributed by atoms with Gasteiger partial charge >= 0.3 is 5.97 Å². The van der Waals surface area contributed by atoms with E-state index in [0.717, 1.165) is 0 Å². The Labute approximate surface area is 92.3 Å². The molecule has 0 spiro atoms. The molecule has 2 unspecified atom stereocenters. The second kappa shape index (κ2) is 3.38. The first kappa shape index (κ1) is 10.8. The summed E-state index contributed by atoms with van der Waals surface area (Å²) in [4.78, 5) is 24.6. The monoisotopic (exact) mass is 230 g/mol. The van der Waals surface area contributed by atoms with Crippen LogP contribution < -0.4 is 5.73 Å². The van der Waals surface area contributed by atoms with Crippen LogP contribution in [0.4, 0.5) is 0 Å². The molecule has 0 bridgehead atoms. The molecule has 0 aromatic heterocycles. The largest absolute Gasteiger partial charge is 0.469 e. The van der Waals surface area contributed by atoms with Crippen molar-refractivity contribution < 1.29 is 14.3 Å². The molecule has 0 aliphatic carbocycles. The van der Waals surface area contributed by atoms with Crippen LogP contribution in [-0.4, -0.2) is 47.6 Å². The highest BCUT2D eigenvalue weighted by Crippen LogP contribution is 2.41. The zero-order chi connectivity index (χ0) is 11.2. The molecule has 2 aliphatic heterocycles. The zero-order valence-electron chi connectivity index (χ0n) is 8.73. The predicted octanol–water partition coefficient (Wildman–Crippen LogP) is -0.592. The highest BCUT2D eigenvalue weighted by Gasteiger charge is 2.54. The van der Waals surface area contributed by atoms with Crippen LogP contribution in [0.25, 0.3) is 0 Å². The number of hydrogen-bond acceptors (Lipinski definition) is 5. The van der Waals surface area contributed by atoms with Gasteiger partial charge in [0.15, 0.2) is 0 Å². The number of fused-ring (bicyclic) bond motifs is 1. The van der Waals surface area contributed by atoms with Gasteiger partial charge in [0.25, 0.3) is 0 Å². The molecular weight excluding hydrogens is 216 g/mol. The van der Waals surface area contributed by atoms with Crippen molar-refractivity contribution >= 4 is 23.6 Å². The lowest BCUT2D eigenvalue weighted by Gasteiger charge is -2.52. The second-order valence-corrected chi connectivity index (χ2v) is 5.35. The normalized spacial score (nSPS) is 39.4. The number of rotatable bonds is 1. The standard InChI is InChI=1S/C9H14N2O3S/c1-9(8(13)14-2)3-11-6(12)5(10)7(11)15-4-9/h5,7H,3-4,10H2,1-2H3/t5?,7-,9?/m1/s1. The molecule has 2 saturated heterocycles. The van der Waals surface area contributed by atoms with E-state index in [0.29, 0.717) is 12.3 Å². The van der Waals surface area contributed by atoms with Gasteiger partial charge in [-0.2, -0.15) is 0 Å². The van der Waals surface area contributed by atoms with E-state index in [1.807, 2.05) is 6.92 Å². The Kier molecular flexibility index (Phi) is 2.42. The first-order valence-electron chi connectivity index (χ1n) is 4.76. The van der Waals surface area contributed by atoms with E-state index in [2.05, 4.69) is 0 Å². The number of methoxy groups -OCH3 is 1. The van der Waals surface area contributed by atoms with Gasteiger partial charge in [0.2, 0.25) is 5.91 Å². The van der Waals surface area contributed by atoms with E-state index in [4.69, 9.17) is 10.5 Å². The highest BCUT2D eigenvalue weighted by atomic mass is 32.2. The Bertz CT molecular complexity index is 322. The third kappa shape index (κ3) is 1.43. The fourth-order valence-corrected chi connectivity index (χ4v) is 3.40. The number of carbonyl (C=O) groups is 2. The maximum atomic E-state index is 11.5. The number of nitrogens with two attached hydrogens (primary N) is 1. The number of hydrogen-bond donors (Lipinski definition) is 1. The highest BCUT2D eigenvalue weighted by molar-refractivity contribution is 8.00. The summed E-state index contributed by atoms with van der Waals surface area (Å²) in [5, 5.41) is 0.0511. The molecule has 2 N–H and O–H groups in total. The van der Waals surface area contributed by atoms with E-state index in [9.17, 15) is 9.59 Å². The van der Waals surface area contributed by atoms with Crippen LogP contribution in [0.2, 0.25) is 0 Å². The summed E-state index contributed by atoms with van der Waals surface area (Å²) in [7, 11) is 1.37. The molecule has 2 aliphatic rings. The number of thioether (sulfide) groups is 1. The number of ether oxygens (including phenoxy) is 1. The van der Waals surface area contributed by atoms with Crippen LogP contribution in [0, 0.1) is 5.41 Å².